The maximum absolute atomic E-state index is 13.1. The van der Waals surface area contributed by atoms with Gasteiger partial charge in [-0.1, -0.05) is 82.7 Å². The molecule has 8 heteroatoms. The molecule has 7 nitrogen and oxygen atoms in total. The van der Waals surface area contributed by atoms with Crippen LogP contribution in [0.5, 0.6) is 0 Å². The number of alkyl halides is 1. The van der Waals surface area contributed by atoms with Crippen molar-refractivity contribution in [1.29, 1.82) is 0 Å². The molecule has 0 spiro atoms. The Hall–Kier alpha value is -3.04. The maximum Gasteiger partial charge on any atom is 0.338 e. The molecule has 0 radical (unpaired) electrons. The number of hydrogen-bond acceptors (Lipinski definition) is 7. The zero-order valence-corrected chi connectivity index (χ0v) is 21.3. The van der Waals surface area contributed by atoms with Crippen molar-refractivity contribution in [3.63, 3.8) is 0 Å². The summed E-state index contributed by atoms with van der Waals surface area (Å²) in [5.74, 6) is -1.16. The van der Waals surface area contributed by atoms with Crippen LogP contribution in [0.3, 0.4) is 0 Å². The number of methoxy groups -OCH3 is 1. The molecule has 1 aliphatic heterocycles. The molecule has 0 saturated carbocycles. The fourth-order valence-corrected chi connectivity index (χ4v) is 4.47. The highest BCUT2D eigenvalue weighted by Crippen LogP contribution is 2.31. The number of carbonyl (C=O) groups is 2. The molecule has 0 unspecified atom stereocenters. The minimum atomic E-state index is -1.08. The summed E-state index contributed by atoms with van der Waals surface area (Å²) in [6.45, 7) is 0.245. The lowest BCUT2D eigenvalue weighted by molar-refractivity contribution is -0.291. The summed E-state index contributed by atoms with van der Waals surface area (Å²) >= 11 is 3.47. The first-order valence-corrected chi connectivity index (χ1v) is 12.6. The molecular formula is C28H27BrO7. The van der Waals surface area contributed by atoms with E-state index >= 15 is 0 Å². The second-order valence-corrected chi connectivity index (χ2v) is 8.81. The van der Waals surface area contributed by atoms with Gasteiger partial charge in [0.1, 0.15) is 12.2 Å². The van der Waals surface area contributed by atoms with E-state index in [0.29, 0.717) is 16.5 Å². The summed E-state index contributed by atoms with van der Waals surface area (Å²) in [5, 5.41) is 0.380. The first kappa shape index (κ1) is 26.0. The molecule has 36 heavy (non-hydrogen) atoms. The highest BCUT2D eigenvalue weighted by Gasteiger charge is 2.51. The first-order chi connectivity index (χ1) is 17.6. The summed E-state index contributed by atoms with van der Waals surface area (Å²) in [6.07, 6.45) is -4.36. The average molecular weight is 555 g/mol. The predicted molar refractivity (Wildman–Crippen MR) is 136 cm³/mol. The molecule has 3 aromatic rings. The largest absolute Gasteiger partial charge is 0.452 e. The van der Waals surface area contributed by atoms with Gasteiger partial charge in [0.15, 0.2) is 18.5 Å². The molecule has 0 bridgehead atoms. The molecule has 1 heterocycles. The molecular weight excluding hydrogens is 528 g/mol. The summed E-state index contributed by atoms with van der Waals surface area (Å²) < 4.78 is 29.7. The van der Waals surface area contributed by atoms with E-state index in [1.807, 2.05) is 36.4 Å². The van der Waals surface area contributed by atoms with Crippen molar-refractivity contribution >= 4 is 27.9 Å². The smallest absolute Gasteiger partial charge is 0.338 e. The minimum Gasteiger partial charge on any atom is -0.452 e. The first-order valence-electron chi connectivity index (χ1n) is 11.5. The van der Waals surface area contributed by atoms with E-state index in [-0.39, 0.29) is 6.61 Å². The zero-order chi connectivity index (χ0) is 25.3. The minimum absolute atomic E-state index is 0.245. The van der Waals surface area contributed by atoms with Crippen molar-refractivity contribution < 1.29 is 33.3 Å². The Kier molecular flexibility index (Phi) is 9.24. The Morgan fingerprint density at radius 1 is 0.750 bits per heavy atom. The van der Waals surface area contributed by atoms with E-state index in [1.165, 1.54) is 7.11 Å². The fourth-order valence-electron chi connectivity index (χ4n) is 3.95. The molecule has 0 aromatic heterocycles. The number of carbonyl (C=O) groups excluding carboxylic acids is 2. The van der Waals surface area contributed by atoms with Gasteiger partial charge >= 0.3 is 11.9 Å². The number of benzene rings is 3. The Bertz CT molecular complexity index is 1110. The molecule has 0 aliphatic carbocycles. The SMILES string of the molecule is CO[C@H]1O[C@H](CBr)[C@@H](OCc2ccccc2)[C@H](OC(=O)c2ccccc2)[C@H]1OC(=O)c1ccccc1. The molecule has 1 fully saturated rings. The Balaban J connectivity index is 1.65. The Morgan fingerprint density at radius 2 is 1.25 bits per heavy atom. The average Bonchev–Trinajstić information content (AvgIpc) is 2.94. The van der Waals surface area contributed by atoms with Gasteiger partial charge in [0.25, 0.3) is 0 Å². The highest BCUT2D eigenvalue weighted by atomic mass is 79.9. The molecule has 5 atom stereocenters. The Labute approximate surface area is 218 Å². The molecule has 1 saturated heterocycles. The van der Waals surface area contributed by atoms with E-state index in [4.69, 9.17) is 23.7 Å². The van der Waals surface area contributed by atoms with Crippen LogP contribution in [0.2, 0.25) is 0 Å². The van der Waals surface area contributed by atoms with Crippen LogP contribution in [0.1, 0.15) is 26.3 Å². The van der Waals surface area contributed by atoms with Crippen LogP contribution < -0.4 is 0 Å². The topological polar surface area (TPSA) is 80.3 Å². The highest BCUT2D eigenvalue weighted by molar-refractivity contribution is 9.09. The van der Waals surface area contributed by atoms with Crippen molar-refractivity contribution in [3.8, 4) is 0 Å². The van der Waals surface area contributed by atoms with Crippen LogP contribution in [0, 0.1) is 0 Å². The molecule has 1 aliphatic rings. The van der Waals surface area contributed by atoms with Gasteiger partial charge in [-0.05, 0) is 29.8 Å². The number of ether oxygens (including phenoxy) is 5. The van der Waals surface area contributed by atoms with Crippen LogP contribution in [0.15, 0.2) is 91.0 Å². The van der Waals surface area contributed by atoms with Crippen LogP contribution >= 0.6 is 15.9 Å². The number of esters is 2. The molecule has 0 N–H and O–H groups in total. The molecule has 188 valence electrons. The van der Waals surface area contributed by atoms with Crippen LogP contribution in [0.25, 0.3) is 0 Å². The van der Waals surface area contributed by atoms with Crippen molar-refractivity contribution in [2.24, 2.45) is 0 Å². The summed E-state index contributed by atoms with van der Waals surface area (Å²) in [6, 6.07) is 26.8. The van der Waals surface area contributed by atoms with Crippen molar-refractivity contribution in [2.75, 3.05) is 12.4 Å². The zero-order valence-electron chi connectivity index (χ0n) is 19.7. The standard InChI is InChI=1S/C28H27BrO7/c1-32-28-25(36-27(31)21-15-9-4-10-16-21)24(35-26(30)20-13-7-3-8-14-20)23(22(17-29)34-28)33-18-19-11-5-2-6-12-19/h2-16,22-25,28H,17-18H2,1H3/t22-,23-,24+,25-,28+/m1/s1. The van der Waals surface area contributed by atoms with Gasteiger partial charge in [0, 0.05) is 12.4 Å². The van der Waals surface area contributed by atoms with Crippen molar-refractivity contribution in [2.45, 2.75) is 37.3 Å². The fraction of sp³-hybridized carbons (Fsp3) is 0.286. The number of halogens is 1. The summed E-state index contributed by atoms with van der Waals surface area (Å²) in [4.78, 5) is 26.1. The maximum atomic E-state index is 13.1. The van der Waals surface area contributed by atoms with E-state index in [1.54, 1.807) is 54.6 Å². The normalized spacial score (nSPS) is 23.6. The Morgan fingerprint density at radius 3 is 1.75 bits per heavy atom. The predicted octanol–water partition coefficient (Wildman–Crippen LogP) is 4.79. The molecule has 4 rings (SSSR count). The van der Waals surface area contributed by atoms with Crippen molar-refractivity contribution in [1.82, 2.24) is 0 Å². The lowest BCUT2D eigenvalue weighted by Crippen LogP contribution is -2.62. The van der Waals surface area contributed by atoms with Crippen molar-refractivity contribution in [3.05, 3.63) is 108 Å². The third kappa shape index (κ3) is 6.39. The third-order valence-electron chi connectivity index (χ3n) is 5.77. The van der Waals surface area contributed by atoms with Gasteiger partial charge in [-0.2, -0.15) is 0 Å². The lowest BCUT2D eigenvalue weighted by atomic mass is 9.98. The van der Waals surface area contributed by atoms with Gasteiger partial charge < -0.3 is 23.7 Å². The third-order valence-corrected chi connectivity index (χ3v) is 6.40. The van der Waals surface area contributed by atoms with E-state index in [0.717, 1.165) is 5.56 Å². The van der Waals surface area contributed by atoms with Gasteiger partial charge in [-0.3, -0.25) is 0 Å². The van der Waals surface area contributed by atoms with E-state index in [9.17, 15) is 9.59 Å². The summed E-state index contributed by atoms with van der Waals surface area (Å²) in [5.41, 5.74) is 1.65. The second-order valence-electron chi connectivity index (χ2n) is 8.17. The van der Waals surface area contributed by atoms with E-state index < -0.39 is 42.6 Å². The summed E-state index contributed by atoms with van der Waals surface area (Å²) in [7, 11) is 1.44. The van der Waals surface area contributed by atoms with Gasteiger partial charge in [0.05, 0.1) is 17.7 Å². The molecule has 0 amide bonds. The quantitative estimate of drug-likeness (QED) is 0.278. The van der Waals surface area contributed by atoms with E-state index in [2.05, 4.69) is 15.9 Å². The monoisotopic (exact) mass is 554 g/mol. The van der Waals surface area contributed by atoms with Crippen LogP contribution in [-0.4, -0.2) is 55.1 Å². The molecule has 3 aromatic carbocycles. The lowest BCUT2D eigenvalue weighted by Gasteiger charge is -2.44. The number of hydrogen-bond donors (Lipinski definition) is 0. The van der Waals surface area contributed by atoms with Crippen LogP contribution in [-0.2, 0) is 30.3 Å². The second kappa shape index (κ2) is 12.8. The number of rotatable bonds is 9. The van der Waals surface area contributed by atoms with Gasteiger partial charge in [0.2, 0.25) is 0 Å². The van der Waals surface area contributed by atoms with Crippen LogP contribution in [0.4, 0.5) is 0 Å². The van der Waals surface area contributed by atoms with Gasteiger partial charge in [-0.15, -0.1) is 0 Å². The van der Waals surface area contributed by atoms with Gasteiger partial charge in [-0.25, -0.2) is 9.59 Å².